The van der Waals surface area contributed by atoms with Gasteiger partial charge >= 0.3 is 0 Å². The van der Waals surface area contributed by atoms with Crippen LogP contribution in [0.2, 0.25) is 0 Å². The van der Waals surface area contributed by atoms with E-state index in [4.69, 9.17) is 4.74 Å². The molecule has 1 fully saturated rings. The molecule has 2 aliphatic heterocycles. The van der Waals surface area contributed by atoms with Crippen LogP contribution in [-0.4, -0.2) is 59.2 Å². The van der Waals surface area contributed by atoms with Crippen molar-refractivity contribution in [3.05, 3.63) is 64.9 Å². The van der Waals surface area contributed by atoms with Crippen molar-refractivity contribution in [1.82, 2.24) is 19.9 Å². The number of nitriles is 1. The second-order valence-corrected chi connectivity index (χ2v) is 10.1. The Kier molecular flexibility index (Phi) is 7.02. The number of rotatable bonds is 5. The molecule has 1 saturated heterocycles. The van der Waals surface area contributed by atoms with E-state index >= 15 is 0 Å². The molecule has 0 atom stereocenters. The maximum atomic E-state index is 15.0. The highest BCUT2D eigenvalue weighted by molar-refractivity contribution is 5.72. The minimum atomic E-state index is -0.640. The van der Waals surface area contributed by atoms with Gasteiger partial charge in [0.2, 0.25) is 0 Å². The van der Waals surface area contributed by atoms with Crippen LogP contribution in [0, 0.1) is 23.0 Å². The Hall–Kier alpha value is -3.64. The monoisotopic (exact) mass is 504 g/mol. The van der Waals surface area contributed by atoms with Gasteiger partial charge in [0.25, 0.3) is 0 Å². The van der Waals surface area contributed by atoms with Crippen molar-refractivity contribution in [2.75, 3.05) is 38.2 Å². The summed E-state index contributed by atoms with van der Waals surface area (Å²) in [5.41, 5.74) is 3.12. The van der Waals surface area contributed by atoms with E-state index in [2.05, 4.69) is 33.0 Å². The van der Waals surface area contributed by atoms with Crippen molar-refractivity contribution in [2.24, 2.45) is 0 Å². The topological polar surface area (TPSA) is 78.2 Å². The molecule has 0 saturated carbocycles. The van der Waals surface area contributed by atoms with Gasteiger partial charge in [0.05, 0.1) is 36.5 Å². The Morgan fingerprint density at radius 3 is 2.59 bits per heavy atom. The van der Waals surface area contributed by atoms with Gasteiger partial charge in [0.15, 0.2) is 17.4 Å². The van der Waals surface area contributed by atoms with Crippen LogP contribution in [0.25, 0.3) is 11.3 Å². The number of likely N-dealkylation sites (tertiary alicyclic amines) is 1. The average Bonchev–Trinajstić information content (AvgIpc) is 2.90. The lowest BCUT2D eigenvalue weighted by Crippen LogP contribution is -2.38. The van der Waals surface area contributed by atoms with Gasteiger partial charge in [-0.1, -0.05) is 0 Å². The lowest BCUT2D eigenvalue weighted by atomic mass is 9.88. The lowest BCUT2D eigenvalue weighted by Gasteiger charge is -2.34. The zero-order valence-corrected chi connectivity index (χ0v) is 21.3. The SMILES string of the molecule is CC(C)N1CCOc2c(F)cc(-c3nc(Cc4cc(C#N)c(C5CCN(C)CC5)cn4)ncc3F)cc21. The number of benzene rings is 1. The van der Waals surface area contributed by atoms with E-state index in [1.165, 1.54) is 6.07 Å². The second-order valence-electron chi connectivity index (χ2n) is 10.1. The molecule has 4 heterocycles. The fourth-order valence-electron chi connectivity index (χ4n) is 5.18. The number of fused-ring (bicyclic) bond motifs is 1. The molecule has 2 aromatic heterocycles. The number of nitrogens with zero attached hydrogens (tertiary/aromatic N) is 6. The first kappa shape index (κ1) is 25.0. The molecule has 3 aromatic rings. The van der Waals surface area contributed by atoms with Crippen LogP contribution in [0.1, 0.15) is 55.3 Å². The number of hydrogen-bond acceptors (Lipinski definition) is 7. The molecule has 0 unspecified atom stereocenters. The molecule has 1 aromatic carbocycles. The average molecular weight is 505 g/mol. The summed E-state index contributed by atoms with van der Waals surface area (Å²) in [4.78, 5) is 17.5. The highest BCUT2D eigenvalue weighted by atomic mass is 19.1. The molecule has 0 bridgehead atoms. The zero-order chi connectivity index (χ0) is 26.1. The fraction of sp³-hybridized carbons (Fsp3) is 0.429. The minimum Gasteiger partial charge on any atom is -0.486 e. The quantitative estimate of drug-likeness (QED) is 0.499. The molecule has 5 rings (SSSR count). The first-order chi connectivity index (χ1) is 17.8. The molecule has 0 spiro atoms. The normalized spacial score (nSPS) is 16.4. The van der Waals surface area contributed by atoms with Crippen molar-refractivity contribution in [2.45, 2.75) is 45.1 Å². The number of piperidine rings is 1. The van der Waals surface area contributed by atoms with Gasteiger partial charge in [0, 0.05) is 23.5 Å². The largest absolute Gasteiger partial charge is 0.486 e. The minimum absolute atomic E-state index is 0.0180. The van der Waals surface area contributed by atoms with E-state index in [0.29, 0.717) is 47.4 Å². The summed E-state index contributed by atoms with van der Waals surface area (Å²) in [5, 5.41) is 9.79. The molecule has 0 N–H and O–H groups in total. The van der Waals surface area contributed by atoms with E-state index < -0.39 is 11.6 Å². The molecular formula is C28H30F2N6O. The second kappa shape index (κ2) is 10.4. The predicted octanol–water partition coefficient (Wildman–Crippen LogP) is 4.70. The molecule has 2 aliphatic rings. The van der Waals surface area contributed by atoms with Crippen LogP contribution in [-0.2, 0) is 6.42 Å². The Balaban J connectivity index is 1.44. The molecular weight excluding hydrogens is 474 g/mol. The number of aromatic nitrogens is 3. The Morgan fingerprint density at radius 1 is 1.08 bits per heavy atom. The first-order valence-corrected chi connectivity index (χ1v) is 12.7. The summed E-state index contributed by atoms with van der Waals surface area (Å²) in [5.74, 6) is -0.359. The van der Waals surface area contributed by atoms with Crippen molar-refractivity contribution < 1.29 is 13.5 Å². The predicted molar refractivity (Wildman–Crippen MR) is 137 cm³/mol. The van der Waals surface area contributed by atoms with Gasteiger partial charge in [-0.25, -0.2) is 18.7 Å². The molecule has 0 amide bonds. The van der Waals surface area contributed by atoms with Gasteiger partial charge in [-0.15, -0.1) is 0 Å². The molecule has 9 heteroatoms. The smallest absolute Gasteiger partial charge is 0.178 e. The van der Waals surface area contributed by atoms with E-state index in [1.807, 2.05) is 18.7 Å². The molecule has 192 valence electrons. The third kappa shape index (κ3) is 5.12. The van der Waals surface area contributed by atoms with E-state index in [9.17, 15) is 14.0 Å². The van der Waals surface area contributed by atoms with Gasteiger partial charge in [-0.05, 0) is 76.5 Å². The third-order valence-corrected chi connectivity index (χ3v) is 7.21. The van der Waals surface area contributed by atoms with Crippen LogP contribution < -0.4 is 9.64 Å². The van der Waals surface area contributed by atoms with Crippen LogP contribution in [0.5, 0.6) is 5.75 Å². The third-order valence-electron chi connectivity index (χ3n) is 7.21. The standard InChI is InChI=1S/C28H30F2N6O/c1-17(2)36-8-9-37-28-23(29)11-19(12-25(28)36)27-24(30)16-33-26(34-27)13-21-10-20(14-31)22(15-32-21)18-4-6-35(3)7-5-18/h10-12,15-18H,4-9,13H2,1-3H3. The number of anilines is 1. The van der Waals surface area contributed by atoms with Crippen molar-refractivity contribution in [1.29, 1.82) is 5.26 Å². The highest BCUT2D eigenvalue weighted by Gasteiger charge is 2.26. The van der Waals surface area contributed by atoms with Crippen molar-refractivity contribution in [3.8, 4) is 23.1 Å². The van der Waals surface area contributed by atoms with Crippen LogP contribution in [0.4, 0.5) is 14.5 Å². The highest BCUT2D eigenvalue weighted by Crippen LogP contribution is 2.39. The lowest BCUT2D eigenvalue weighted by molar-refractivity contribution is 0.255. The fourth-order valence-corrected chi connectivity index (χ4v) is 5.18. The number of ether oxygens (including phenoxy) is 1. The van der Waals surface area contributed by atoms with Crippen molar-refractivity contribution >= 4 is 5.69 Å². The summed E-state index contributed by atoms with van der Waals surface area (Å²) in [7, 11) is 2.10. The zero-order valence-electron chi connectivity index (χ0n) is 21.3. The Labute approximate surface area is 215 Å². The van der Waals surface area contributed by atoms with Crippen LogP contribution in [0.15, 0.2) is 30.6 Å². The molecule has 7 nitrogen and oxygen atoms in total. The summed E-state index contributed by atoms with van der Waals surface area (Å²) < 4.78 is 35.4. The maximum absolute atomic E-state index is 15.0. The summed E-state index contributed by atoms with van der Waals surface area (Å²) in [6, 6.07) is 7.18. The van der Waals surface area contributed by atoms with E-state index in [-0.39, 0.29) is 23.9 Å². The summed E-state index contributed by atoms with van der Waals surface area (Å²) in [6.07, 6.45) is 5.10. The van der Waals surface area contributed by atoms with Gasteiger partial charge in [-0.2, -0.15) is 5.26 Å². The Morgan fingerprint density at radius 2 is 1.86 bits per heavy atom. The summed E-state index contributed by atoms with van der Waals surface area (Å²) >= 11 is 0. The van der Waals surface area contributed by atoms with Crippen LogP contribution in [0.3, 0.4) is 0 Å². The van der Waals surface area contributed by atoms with Gasteiger partial charge in [-0.3, -0.25) is 4.98 Å². The Bertz CT molecular complexity index is 1350. The molecule has 0 aliphatic carbocycles. The first-order valence-electron chi connectivity index (χ1n) is 12.7. The number of hydrogen-bond donors (Lipinski definition) is 0. The number of pyridine rings is 1. The number of halogens is 2. The summed E-state index contributed by atoms with van der Waals surface area (Å²) in [6.45, 7) is 7.03. The van der Waals surface area contributed by atoms with Gasteiger partial charge < -0.3 is 14.5 Å². The van der Waals surface area contributed by atoms with E-state index in [0.717, 1.165) is 37.7 Å². The maximum Gasteiger partial charge on any atom is 0.178 e. The van der Waals surface area contributed by atoms with E-state index in [1.54, 1.807) is 18.3 Å². The van der Waals surface area contributed by atoms with Crippen LogP contribution >= 0.6 is 0 Å². The van der Waals surface area contributed by atoms with Crippen molar-refractivity contribution in [3.63, 3.8) is 0 Å². The molecule has 37 heavy (non-hydrogen) atoms. The van der Waals surface area contributed by atoms with Gasteiger partial charge in [0.1, 0.15) is 18.1 Å². The molecule has 0 radical (unpaired) electrons.